The van der Waals surface area contributed by atoms with Crippen molar-refractivity contribution in [2.45, 2.75) is 0 Å². The fourth-order valence-electron chi connectivity index (χ4n) is 1.80. The molecule has 3 rings (SSSR count). The first kappa shape index (κ1) is 15.6. The molecule has 0 N–H and O–H groups in total. The second-order valence-corrected chi connectivity index (χ2v) is 7.00. The molecule has 0 bridgehead atoms. The van der Waals surface area contributed by atoms with E-state index in [0.717, 1.165) is 0 Å². The number of hydrogen-bond donors (Lipinski definition) is 0. The summed E-state index contributed by atoms with van der Waals surface area (Å²) in [5.74, 6) is 0. The molecular formula is C12H8K2Sn. The van der Waals surface area contributed by atoms with Crippen LogP contribution in [-0.2, 0) is 0 Å². The SMILES string of the molecule is [K].[K].c1ccc2[c](c1)[Sn][c]1ccccc1-2. The Morgan fingerprint density at radius 1 is 0.600 bits per heavy atom. The van der Waals surface area contributed by atoms with Gasteiger partial charge < -0.3 is 0 Å². The van der Waals surface area contributed by atoms with E-state index in [9.17, 15) is 0 Å². The molecule has 4 radical (unpaired) electrons. The van der Waals surface area contributed by atoms with Crippen molar-refractivity contribution in [3.63, 3.8) is 0 Å². The summed E-state index contributed by atoms with van der Waals surface area (Å²) in [7, 11) is 0. The average molecular weight is 349 g/mol. The van der Waals surface area contributed by atoms with E-state index >= 15 is 0 Å². The van der Waals surface area contributed by atoms with Crippen LogP contribution in [0.4, 0.5) is 0 Å². The molecule has 0 spiro atoms. The van der Waals surface area contributed by atoms with Gasteiger partial charge in [0.1, 0.15) is 0 Å². The fourth-order valence-corrected chi connectivity index (χ4v) is 5.67. The Morgan fingerprint density at radius 3 is 1.47 bits per heavy atom. The van der Waals surface area contributed by atoms with Crippen LogP contribution in [0.3, 0.4) is 0 Å². The zero-order valence-corrected chi connectivity index (χ0v) is 18.2. The van der Waals surface area contributed by atoms with Gasteiger partial charge in [0, 0.05) is 103 Å². The third-order valence-electron chi connectivity index (χ3n) is 2.41. The van der Waals surface area contributed by atoms with E-state index in [1.54, 1.807) is 7.16 Å². The molecule has 2 aromatic carbocycles. The predicted molar refractivity (Wildman–Crippen MR) is 68.4 cm³/mol. The van der Waals surface area contributed by atoms with Crippen LogP contribution in [0, 0.1) is 0 Å². The molecule has 1 heterocycles. The number of fused-ring (bicyclic) bond motifs is 3. The molecular weight excluding hydrogens is 341 g/mol. The van der Waals surface area contributed by atoms with Gasteiger partial charge in [0.05, 0.1) is 0 Å². The van der Waals surface area contributed by atoms with Crippen LogP contribution in [0.1, 0.15) is 0 Å². The third-order valence-corrected chi connectivity index (χ3v) is 6.44. The van der Waals surface area contributed by atoms with Gasteiger partial charge in [-0.3, -0.25) is 0 Å². The number of benzene rings is 2. The van der Waals surface area contributed by atoms with E-state index in [0.29, 0.717) is 0 Å². The van der Waals surface area contributed by atoms with E-state index in [-0.39, 0.29) is 103 Å². The first-order chi connectivity index (χ1) is 6.45. The van der Waals surface area contributed by atoms with Gasteiger partial charge in [-0.15, -0.1) is 0 Å². The van der Waals surface area contributed by atoms with Crippen LogP contribution in [0.15, 0.2) is 48.5 Å². The standard InChI is InChI=1S/C12H8.2K.Sn/c1-3-7-11(8-4-1)12-9-5-2-6-10-12;;;/h1-7,9H;;;. The molecule has 15 heavy (non-hydrogen) atoms. The maximum atomic E-state index is 2.29. The molecule has 3 heteroatoms. The molecule has 0 aliphatic carbocycles. The van der Waals surface area contributed by atoms with Gasteiger partial charge in [-0.25, -0.2) is 0 Å². The molecule has 0 unspecified atom stereocenters. The summed E-state index contributed by atoms with van der Waals surface area (Å²) in [6, 6.07) is 17.7. The van der Waals surface area contributed by atoms with Gasteiger partial charge in [0.15, 0.2) is 0 Å². The molecule has 1 aliphatic rings. The first-order valence-corrected chi connectivity index (χ1v) is 7.26. The normalized spacial score (nSPS) is 10.7. The van der Waals surface area contributed by atoms with Crippen molar-refractivity contribution in [3.8, 4) is 11.1 Å². The molecule has 1 aliphatic heterocycles. The van der Waals surface area contributed by atoms with Crippen LogP contribution in [0.25, 0.3) is 11.1 Å². The summed E-state index contributed by atoms with van der Waals surface area (Å²) in [6.45, 7) is 0. The van der Waals surface area contributed by atoms with Crippen molar-refractivity contribution in [1.29, 1.82) is 0 Å². The molecule has 0 amide bonds. The Morgan fingerprint density at radius 2 is 1.00 bits per heavy atom. The van der Waals surface area contributed by atoms with E-state index < -0.39 is 21.1 Å². The van der Waals surface area contributed by atoms with Crippen molar-refractivity contribution >= 4 is 131 Å². The van der Waals surface area contributed by atoms with Crippen LogP contribution in [0.2, 0.25) is 0 Å². The van der Waals surface area contributed by atoms with E-state index in [1.165, 1.54) is 11.1 Å². The van der Waals surface area contributed by atoms with Gasteiger partial charge in [-0.05, 0) is 0 Å². The van der Waals surface area contributed by atoms with E-state index in [1.807, 2.05) is 0 Å². The Balaban J connectivity index is 0.000000562. The third kappa shape index (κ3) is 3.29. The second-order valence-electron chi connectivity index (χ2n) is 3.22. The number of hydrogen-bond acceptors (Lipinski definition) is 0. The summed E-state index contributed by atoms with van der Waals surface area (Å²) in [5, 5.41) is 0. The average Bonchev–Trinajstić information content (AvgIpc) is 2.56. The topological polar surface area (TPSA) is 0 Å². The zero-order chi connectivity index (χ0) is 8.67. The molecule has 0 aromatic heterocycles. The van der Waals surface area contributed by atoms with Crippen LogP contribution < -0.4 is 7.16 Å². The van der Waals surface area contributed by atoms with Crippen LogP contribution in [0.5, 0.6) is 0 Å². The molecule has 0 fully saturated rings. The fraction of sp³-hybridized carbons (Fsp3) is 0. The molecule has 0 saturated heterocycles. The quantitative estimate of drug-likeness (QED) is 0.521. The van der Waals surface area contributed by atoms with E-state index in [4.69, 9.17) is 0 Å². The molecule has 62 valence electrons. The molecule has 2 aromatic rings. The van der Waals surface area contributed by atoms with Gasteiger partial charge in [-0.2, -0.15) is 0 Å². The van der Waals surface area contributed by atoms with Crippen molar-refractivity contribution in [3.05, 3.63) is 48.5 Å². The monoisotopic (exact) mass is 350 g/mol. The Kier molecular flexibility index (Phi) is 7.46. The van der Waals surface area contributed by atoms with Gasteiger partial charge >= 0.3 is 88.0 Å². The first-order valence-electron chi connectivity index (χ1n) is 4.40. The van der Waals surface area contributed by atoms with Crippen LogP contribution in [-0.4, -0.2) is 124 Å². The molecule has 0 atom stereocenters. The summed E-state index contributed by atoms with van der Waals surface area (Å²) in [5.41, 5.74) is 2.98. The minimum absolute atomic E-state index is 0. The van der Waals surface area contributed by atoms with Gasteiger partial charge in [0.2, 0.25) is 0 Å². The summed E-state index contributed by atoms with van der Waals surface area (Å²) in [4.78, 5) is 0. The van der Waals surface area contributed by atoms with Crippen LogP contribution >= 0.6 is 0 Å². The van der Waals surface area contributed by atoms with Crippen molar-refractivity contribution in [2.24, 2.45) is 0 Å². The summed E-state index contributed by atoms with van der Waals surface area (Å²) < 4.78 is 3.26. The summed E-state index contributed by atoms with van der Waals surface area (Å²) >= 11 is -0.443. The van der Waals surface area contributed by atoms with Crippen molar-refractivity contribution < 1.29 is 0 Å². The zero-order valence-electron chi connectivity index (χ0n) is 9.12. The van der Waals surface area contributed by atoms with Crippen molar-refractivity contribution in [1.82, 2.24) is 0 Å². The Hall–Kier alpha value is 2.51. The Labute approximate surface area is 186 Å². The van der Waals surface area contributed by atoms with E-state index in [2.05, 4.69) is 48.5 Å². The Bertz CT molecular complexity index is 425. The maximum absolute atomic E-state index is 2.29. The number of rotatable bonds is 0. The van der Waals surface area contributed by atoms with Gasteiger partial charge in [0.25, 0.3) is 0 Å². The van der Waals surface area contributed by atoms with Crippen molar-refractivity contribution in [2.75, 3.05) is 0 Å². The predicted octanol–water partition coefficient (Wildman–Crippen LogP) is 0.560. The second kappa shape index (κ2) is 7.19. The summed E-state index contributed by atoms with van der Waals surface area (Å²) in [6.07, 6.45) is 0. The molecule has 0 nitrogen and oxygen atoms in total. The molecule has 0 saturated carbocycles. The minimum atomic E-state index is -0.443. The van der Waals surface area contributed by atoms with Gasteiger partial charge in [-0.1, -0.05) is 0 Å².